The first-order valence-electron chi connectivity index (χ1n) is 6.44. The summed E-state index contributed by atoms with van der Waals surface area (Å²) in [7, 11) is 1.53. The van der Waals surface area contributed by atoms with E-state index in [2.05, 4.69) is 4.98 Å². The van der Waals surface area contributed by atoms with Gasteiger partial charge in [-0.05, 0) is 37.3 Å². The van der Waals surface area contributed by atoms with Crippen molar-refractivity contribution in [1.29, 1.82) is 0 Å². The van der Waals surface area contributed by atoms with Crippen molar-refractivity contribution in [1.82, 2.24) is 9.55 Å². The van der Waals surface area contributed by atoms with Crippen LogP contribution in [0.2, 0.25) is 5.02 Å². The van der Waals surface area contributed by atoms with Gasteiger partial charge in [0.15, 0.2) is 0 Å². The average molecular weight is 301 g/mol. The van der Waals surface area contributed by atoms with Gasteiger partial charge in [-0.1, -0.05) is 23.7 Å². The molecule has 1 heterocycles. The lowest BCUT2D eigenvalue weighted by Crippen LogP contribution is -2.14. The van der Waals surface area contributed by atoms with Crippen LogP contribution in [-0.4, -0.2) is 22.6 Å². The number of rotatable bonds is 2. The van der Waals surface area contributed by atoms with Crippen molar-refractivity contribution in [3.63, 3.8) is 0 Å². The summed E-state index contributed by atoms with van der Waals surface area (Å²) in [6, 6.07) is 12.5. The standard InChI is InChI=1S/C16H13ClN2O2/c1-10-18-13-5-3-4-6-14(13)19(10)16(20)12-9-11(17)7-8-15(12)21-2/h3-9H,1-2H3. The van der Waals surface area contributed by atoms with E-state index in [1.54, 1.807) is 29.7 Å². The second-order valence-corrected chi connectivity index (χ2v) is 5.07. The molecule has 0 radical (unpaired) electrons. The summed E-state index contributed by atoms with van der Waals surface area (Å²) in [5.74, 6) is 0.908. The number of ether oxygens (including phenoxy) is 1. The summed E-state index contributed by atoms with van der Waals surface area (Å²) in [5, 5.41) is 0.487. The SMILES string of the molecule is COc1ccc(Cl)cc1C(=O)n1c(C)nc2ccccc21. The van der Waals surface area contributed by atoms with E-state index in [1.807, 2.05) is 24.3 Å². The minimum absolute atomic E-state index is 0.208. The summed E-state index contributed by atoms with van der Waals surface area (Å²) in [6.07, 6.45) is 0. The lowest BCUT2D eigenvalue weighted by atomic mass is 10.2. The van der Waals surface area contributed by atoms with E-state index in [1.165, 1.54) is 7.11 Å². The third kappa shape index (κ3) is 2.28. The molecule has 3 aromatic rings. The minimum atomic E-state index is -0.208. The Labute approximate surface area is 126 Å². The van der Waals surface area contributed by atoms with Crippen molar-refractivity contribution >= 4 is 28.5 Å². The molecule has 106 valence electrons. The molecule has 2 aromatic carbocycles. The number of methoxy groups -OCH3 is 1. The highest BCUT2D eigenvalue weighted by molar-refractivity contribution is 6.31. The summed E-state index contributed by atoms with van der Waals surface area (Å²) >= 11 is 6.00. The Morgan fingerprint density at radius 2 is 2.00 bits per heavy atom. The molecular formula is C16H13ClN2O2. The van der Waals surface area contributed by atoms with Crippen LogP contribution in [0.25, 0.3) is 11.0 Å². The molecule has 0 aliphatic carbocycles. The largest absolute Gasteiger partial charge is 0.496 e. The second-order valence-electron chi connectivity index (χ2n) is 4.63. The Hall–Kier alpha value is -2.33. The lowest BCUT2D eigenvalue weighted by molar-refractivity contribution is 0.0959. The molecule has 4 nitrogen and oxygen atoms in total. The number of imidazole rings is 1. The van der Waals surface area contributed by atoms with Crippen molar-refractivity contribution < 1.29 is 9.53 Å². The lowest BCUT2D eigenvalue weighted by Gasteiger charge is -2.10. The number of halogens is 1. The van der Waals surface area contributed by atoms with Crippen LogP contribution < -0.4 is 4.74 Å². The first-order valence-corrected chi connectivity index (χ1v) is 6.82. The fourth-order valence-corrected chi connectivity index (χ4v) is 2.54. The first kappa shape index (κ1) is 13.6. The maximum Gasteiger partial charge on any atom is 0.267 e. The van der Waals surface area contributed by atoms with Crippen molar-refractivity contribution in [2.24, 2.45) is 0 Å². The predicted octanol–water partition coefficient (Wildman–Crippen LogP) is 3.70. The summed E-state index contributed by atoms with van der Waals surface area (Å²) in [5.41, 5.74) is 1.96. The van der Waals surface area contributed by atoms with Crippen LogP contribution in [0.1, 0.15) is 16.2 Å². The summed E-state index contributed by atoms with van der Waals surface area (Å²) in [4.78, 5) is 17.3. The Bertz CT molecular complexity index is 839. The number of carbonyl (C=O) groups is 1. The number of hydrogen-bond acceptors (Lipinski definition) is 3. The van der Waals surface area contributed by atoms with Crippen molar-refractivity contribution in [2.45, 2.75) is 6.92 Å². The molecule has 0 saturated heterocycles. The van der Waals surface area contributed by atoms with E-state index < -0.39 is 0 Å². The van der Waals surface area contributed by atoms with Crippen LogP contribution >= 0.6 is 11.6 Å². The van der Waals surface area contributed by atoms with Gasteiger partial charge in [0.2, 0.25) is 0 Å². The van der Waals surface area contributed by atoms with Crippen LogP contribution in [0.15, 0.2) is 42.5 Å². The molecule has 3 rings (SSSR count). The highest BCUT2D eigenvalue weighted by Crippen LogP contribution is 2.26. The first-order chi connectivity index (χ1) is 10.1. The number of carbonyl (C=O) groups excluding carboxylic acids is 1. The number of hydrogen-bond donors (Lipinski definition) is 0. The van der Waals surface area contributed by atoms with Gasteiger partial charge < -0.3 is 4.74 Å². The minimum Gasteiger partial charge on any atom is -0.496 e. The fraction of sp³-hybridized carbons (Fsp3) is 0.125. The normalized spacial score (nSPS) is 10.8. The van der Waals surface area contributed by atoms with E-state index in [0.717, 1.165) is 11.0 Å². The van der Waals surface area contributed by atoms with E-state index in [-0.39, 0.29) is 5.91 Å². The average Bonchev–Trinajstić information content (AvgIpc) is 2.82. The van der Waals surface area contributed by atoms with Gasteiger partial charge in [0, 0.05) is 5.02 Å². The Kier molecular flexibility index (Phi) is 3.39. The number of nitrogens with zero attached hydrogens (tertiary/aromatic N) is 2. The molecule has 21 heavy (non-hydrogen) atoms. The number of para-hydroxylation sites is 2. The maximum absolute atomic E-state index is 12.9. The van der Waals surface area contributed by atoms with Gasteiger partial charge in [-0.2, -0.15) is 0 Å². The smallest absolute Gasteiger partial charge is 0.267 e. The van der Waals surface area contributed by atoms with Gasteiger partial charge in [-0.15, -0.1) is 0 Å². The molecule has 0 bridgehead atoms. The third-order valence-corrected chi connectivity index (χ3v) is 3.56. The summed E-state index contributed by atoms with van der Waals surface area (Å²) in [6.45, 7) is 1.80. The van der Waals surface area contributed by atoms with Crippen molar-refractivity contribution in [3.05, 3.63) is 58.9 Å². The molecule has 0 aliphatic rings. The van der Waals surface area contributed by atoms with Crippen LogP contribution in [-0.2, 0) is 0 Å². The monoisotopic (exact) mass is 300 g/mol. The van der Waals surface area contributed by atoms with Crippen LogP contribution in [0.3, 0.4) is 0 Å². The van der Waals surface area contributed by atoms with Crippen molar-refractivity contribution in [3.8, 4) is 5.75 Å². The van der Waals surface area contributed by atoms with E-state index >= 15 is 0 Å². The number of benzene rings is 2. The molecule has 0 atom stereocenters. The number of fused-ring (bicyclic) bond motifs is 1. The zero-order valence-electron chi connectivity index (χ0n) is 11.6. The summed E-state index contributed by atoms with van der Waals surface area (Å²) < 4.78 is 6.83. The van der Waals surface area contributed by atoms with E-state index in [9.17, 15) is 4.79 Å². The molecule has 0 aliphatic heterocycles. The van der Waals surface area contributed by atoms with Gasteiger partial charge >= 0.3 is 0 Å². The highest BCUT2D eigenvalue weighted by atomic mass is 35.5. The zero-order chi connectivity index (χ0) is 15.0. The molecule has 0 N–H and O–H groups in total. The van der Waals surface area contributed by atoms with Crippen LogP contribution in [0.5, 0.6) is 5.75 Å². The van der Waals surface area contributed by atoms with E-state index in [4.69, 9.17) is 16.3 Å². The van der Waals surface area contributed by atoms with Gasteiger partial charge in [0.05, 0.1) is 23.7 Å². The van der Waals surface area contributed by atoms with Gasteiger partial charge in [-0.25, -0.2) is 4.98 Å². The van der Waals surface area contributed by atoms with Crippen LogP contribution in [0.4, 0.5) is 0 Å². The predicted molar refractivity (Wildman–Crippen MR) is 82.2 cm³/mol. The van der Waals surface area contributed by atoms with Crippen LogP contribution in [0, 0.1) is 6.92 Å². The zero-order valence-corrected chi connectivity index (χ0v) is 12.4. The molecule has 1 aromatic heterocycles. The Morgan fingerprint density at radius 1 is 1.24 bits per heavy atom. The molecule has 0 fully saturated rings. The second kappa shape index (κ2) is 5.22. The van der Waals surface area contributed by atoms with E-state index in [0.29, 0.717) is 22.2 Å². The van der Waals surface area contributed by atoms with Gasteiger partial charge in [0.25, 0.3) is 5.91 Å². The fourth-order valence-electron chi connectivity index (χ4n) is 2.37. The third-order valence-electron chi connectivity index (χ3n) is 3.32. The molecule has 0 unspecified atom stereocenters. The maximum atomic E-state index is 12.9. The molecule has 0 amide bonds. The highest BCUT2D eigenvalue weighted by Gasteiger charge is 2.19. The molecule has 0 saturated carbocycles. The molecular weight excluding hydrogens is 288 g/mol. The Balaban J connectivity index is 2.22. The molecule has 5 heteroatoms. The Morgan fingerprint density at radius 3 is 2.76 bits per heavy atom. The number of aromatic nitrogens is 2. The van der Waals surface area contributed by atoms with Crippen molar-refractivity contribution in [2.75, 3.05) is 7.11 Å². The van der Waals surface area contributed by atoms with Gasteiger partial charge in [0.1, 0.15) is 11.6 Å². The number of aryl methyl sites for hydroxylation is 1. The molecule has 0 spiro atoms. The topological polar surface area (TPSA) is 44.1 Å². The quantitative estimate of drug-likeness (QED) is 0.725. The van der Waals surface area contributed by atoms with Gasteiger partial charge in [-0.3, -0.25) is 9.36 Å².